The van der Waals surface area contributed by atoms with Crippen LogP contribution in [0.15, 0.2) is 24.5 Å². The lowest BCUT2D eigenvalue weighted by Gasteiger charge is -2.34. The van der Waals surface area contributed by atoms with E-state index in [2.05, 4.69) is 20.3 Å². The second-order valence-corrected chi connectivity index (χ2v) is 6.66. The van der Waals surface area contributed by atoms with E-state index in [0.717, 1.165) is 50.2 Å². The predicted octanol–water partition coefficient (Wildman–Crippen LogP) is 2.00. The molecule has 2 aromatic heterocycles. The Morgan fingerprint density at radius 2 is 1.87 bits per heavy atom. The third-order valence-electron chi connectivity index (χ3n) is 5.16. The van der Waals surface area contributed by atoms with Gasteiger partial charge in [0.1, 0.15) is 5.82 Å². The number of fused-ring (bicyclic) bond motifs is 1. The van der Waals surface area contributed by atoms with Crippen molar-refractivity contribution < 1.29 is 4.79 Å². The maximum Gasteiger partial charge on any atom is 0.223 e. The zero-order valence-electron chi connectivity index (χ0n) is 13.3. The van der Waals surface area contributed by atoms with Gasteiger partial charge in [-0.2, -0.15) is 9.61 Å². The van der Waals surface area contributed by atoms with Crippen molar-refractivity contribution in [2.24, 2.45) is 5.92 Å². The minimum atomic E-state index is 0.261. The number of carbonyl (C=O) groups is 1. The fraction of sp³-hybridized carbons (Fsp3) is 0.588. The molecule has 1 saturated heterocycles. The summed E-state index contributed by atoms with van der Waals surface area (Å²) in [6, 6.07) is 4.24. The molecule has 6 nitrogen and oxygen atoms in total. The fourth-order valence-corrected chi connectivity index (χ4v) is 3.82. The summed E-state index contributed by atoms with van der Waals surface area (Å²) in [5.41, 5.74) is 0.874. The van der Waals surface area contributed by atoms with Crippen LogP contribution in [-0.2, 0) is 4.79 Å². The lowest BCUT2D eigenvalue weighted by Crippen LogP contribution is -2.46. The quantitative estimate of drug-likeness (QED) is 0.941. The molecule has 1 amide bonds. The first kappa shape index (κ1) is 14.5. The summed E-state index contributed by atoms with van der Waals surface area (Å²) in [7, 11) is 0. The summed E-state index contributed by atoms with van der Waals surface area (Å²) >= 11 is 0. The van der Waals surface area contributed by atoms with E-state index < -0.39 is 0 Å². The van der Waals surface area contributed by atoms with Crippen LogP contribution in [-0.4, -0.2) is 39.6 Å². The number of rotatable bonds is 3. The molecule has 1 N–H and O–H groups in total. The molecular formula is C17H23N5O. The second-order valence-electron chi connectivity index (χ2n) is 6.66. The van der Waals surface area contributed by atoms with Crippen LogP contribution in [0, 0.1) is 5.92 Å². The average Bonchev–Trinajstić information content (AvgIpc) is 3.26. The van der Waals surface area contributed by atoms with Gasteiger partial charge in [-0.25, -0.2) is 4.98 Å². The Kier molecular flexibility index (Phi) is 3.89. The molecule has 4 rings (SSSR count). The van der Waals surface area contributed by atoms with Crippen LogP contribution in [0.4, 0.5) is 5.82 Å². The van der Waals surface area contributed by atoms with Gasteiger partial charge in [-0.05, 0) is 31.7 Å². The van der Waals surface area contributed by atoms with Crippen molar-refractivity contribution in [1.82, 2.24) is 19.9 Å². The molecule has 0 aromatic carbocycles. The molecule has 3 heterocycles. The van der Waals surface area contributed by atoms with Gasteiger partial charge in [0.15, 0.2) is 5.65 Å². The monoisotopic (exact) mass is 313 g/mol. The first-order chi connectivity index (χ1) is 11.3. The molecule has 2 aliphatic rings. The molecule has 1 aliphatic carbocycles. The first-order valence-corrected chi connectivity index (χ1v) is 8.65. The lowest BCUT2D eigenvalue weighted by atomic mass is 10.0. The zero-order valence-corrected chi connectivity index (χ0v) is 13.3. The Morgan fingerprint density at radius 1 is 1.09 bits per heavy atom. The number of amides is 1. The Hall–Kier alpha value is -2.11. The third kappa shape index (κ3) is 2.90. The second kappa shape index (κ2) is 6.18. The molecule has 122 valence electrons. The molecule has 0 bridgehead atoms. The minimum absolute atomic E-state index is 0.261. The van der Waals surface area contributed by atoms with Crippen LogP contribution in [0.2, 0.25) is 0 Å². The lowest BCUT2D eigenvalue weighted by molar-refractivity contribution is -0.125. The highest BCUT2D eigenvalue weighted by molar-refractivity contribution is 5.79. The van der Waals surface area contributed by atoms with E-state index in [1.165, 1.54) is 12.8 Å². The Balaban J connectivity index is 1.37. The minimum Gasteiger partial charge on any atom is -0.356 e. The summed E-state index contributed by atoms with van der Waals surface area (Å²) in [6.45, 7) is 1.88. The van der Waals surface area contributed by atoms with Crippen LogP contribution in [0.3, 0.4) is 0 Å². The number of aromatic nitrogens is 3. The van der Waals surface area contributed by atoms with E-state index in [-0.39, 0.29) is 11.8 Å². The molecule has 1 aliphatic heterocycles. The Bertz CT molecular complexity index is 683. The van der Waals surface area contributed by atoms with Crippen LogP contribution in [0.25, 0.3) is 5.65 Å². The molecule has 6 heteroatoms. The van der Waals surface area contributed by atoms with E-state index in [1.54, 1.807) is 6.20 Å². The van der Waals surface area contributed by atoms with Crippen LogP contribution in [0.1, 0.15) is 38.5 Å². The number of nitrogens with zero attached hydrogens (tertiary/aromatic N) is 4. The highest BCUT2D eigenvalue weighted by Gasteiger charge is 2.27. The van der Waals surface area contributed by atoms with Gasteiger partial charge < -0.3 is 10.2 Å². The summed E-state index contributed by atoms with van der Waals surface area (Å²) in [4.78, 5) is 18.9. The largest absolute Gasteiger partial charge is 0.356 e. The Morgan fingerprint density at radius 3 is 2.65 bits per heavy atom. The van der Waals surface area contributed by atoms with Crippen LogP contribution in [0.5, 0.6) is 0 Å². The highest BCUT2D eigenvalue weighted by atomic mass is 16.1. The molecule has 23 heavy (non-hydrogen) atoms. The topological polar surface area (TPSA) is 62.5 Å². The zero-order chi connectivity index (χ0) is 15.6. The van der Waals surface area contributed by atoms with E-state index >= 15 is 0 Å². The van der Waals surface area contributed by atoms with E-state index in [9.17, 15) is 4.79 Å². The summed E-state index contributed by atoms with van der Waals surface area (Å²) in [6.07, 6.45) is 10.1. The highest BCUT2D eigenvalue weighted by Crippen LogP contribution is 2.26. The van der Waals surface area contributed by atoms with Crippen molar-refractivity contribution in [2.75, 3.05) is 18.0 Å². The summed E-state index contributed by atoms with van der Waals surface area (Å²) in [5.74, 6) is 1.62. The number of nitrogens with one attached hydrogen (secondary N) is 1. The van der Waals surface area contributed by atoms with Gasteiger partial charge in [0, 0.05) is 37.3 Å². The van der Waals surface area contributed by atoms with Crippen molar-refractivity contribution in [3.05, 3.63) is 24.5 Å². The van der Waals surface area contributed by atoms with Gasteiger partial charge in [0.2, 0.25) is 5.91 Å². The van der Waals surface area contributed by atoms with E-state index in [1.807, 2.05) is 22.8 Å². The maximum absolute atomic E-state index is 12.3. The average molecular weight is 313 g/mol. The van der Waals surface area contributed by atoms with Gasteiger partial charge in [0.05, 0.1) is 6.20 Å². The van der Waals surface area contributed by atoms with Gasteiger partial charge in [-0.1, -0.05) is 12.8 Å². The number of hydrogen-bond donors (Lipinski definition) is 1. The molecule has 2 aromatic rings. The van der Waals surface area contributed by atoms with Crippen LogP contribution >= 0.6 is 0 Å². The number of anilines is 1. The summed E-state index contributed by atoms with van der Waals surface area (Å²) < 4.78 is 1.89. The predicted molar refractivity (Wildman–Crippen MR) is 88.3 cm³/mol. The SMILES string of the molecule is O=C(NC1CCN(c2ccnc3ccnn23)CC1)C1CCCC1. The third-order valence-corrected chi connectivity index (χ3v) is 5.16. The number of carbonyl (C=O) groups excluding carboxylic acids is 1. The Labute approximate surface area is 135 Å². The normalized spacial score (nSPS) is 20.3. The van der Waals surface area contributed by atoms with Gasteiger partial charge >= 0.3 is 0 Å². The molecule has 0 radical (unpaired) electrons. The molecule has 0 atom stereocenters. The smallest absolute Gasteiger partial charge is 0.223 e. The molecule has 0 spiro atoms. The van der Waals surface area contributed by atoms with Gasteiger partial charge in [-0.3, -0.25) is 4.79 Å². The van der Waals surface area contributed by atoms with E-state index in [0.29, 0.717) is 6.04 Å². The maximum atomic E-state index is 12.3. The molecule has 0 unspecified atom stereocenters. The molecule has 2 fully saturated rings. The fourth-order valence-electron chi connectivity index (χ4n) is 3.82. The summed E-state index contributed by atoms with van der Waals surface area (Å²) in [5, 5.41) is 7.62. The van der Waals surface area contributed by atoms with Gasteiger partial charge in [0.25, 0.3) is 0 Å². The van der Waals surface area contributed by atoms with Gasteiger partial charge in [-0.15, -0.1) is 0 Å². The van der Waals surface area contributed by atoms with Crippen molar-refractivity contribution in [2.45, 2.75) is 44.6 Å². The van der Waals surface area contributed by atoms with Crippen molar-refractivity contribution in [1.29, 1.82) is 0 Å². The van der Waals surface area contributed by atoms with Crippen molar-refractivity contribution >= 4 is 17.4 Å². The van der Waals surface area contributed by atoms with Crippen LogP contribution < -0.4 is 10.2 Å². The van der Waals surface area contributed by atoms with Crippen molar-refractivity contribution in [3.63, 3.8) is 0 Å². The standard InChI is InChI=1S/C17H23N5O/c23-17(13-3-1-2-4-13)20-14-7-11-21(12-8-14)16-6-9-18-15-5-10-19-22(15)16/h5-6,9-10,13-14H,1-4,7-8,11-12H2,(H,20,23). The number of piperidine rings is 1. The first-order valence-electron chi connectivity index (χ1n) is 8.65. The number of hydrogen-bond acceptors (Lipinski definition) is 4. The van der Waals surface area contributed by atoms with E-state index in [4.69, 9.17) is 0 Å². The molecule has 1 saturated carbocycles. The molecular weight excluding hydrogens is 290 g/mol. The van der Waals surface area contributed by atoms with Crippen molar-refractivity contribution in [3.8, 4) is 0 Å².